The molecule has 0 saturated heterocycles. The highest BCUT2D eigenvalue weighted by molar-refractivity contribution is 7.90. The maximum atomic E-state index is 11.2. The van der Waals surface area contributed by atoms with Crippen molar-refractivity contribution in [2.24, 2.45) is 5.90 Å². The molecule has 0 fully saturated rings. The summed E-state index contributed by atoms with van der Waals surface area (Å²) in [7, 11) is -3.69. The molecule has 0 saturated carbocycles. The fourth-order valence-corrected chi connectivity index (χ4v) is 1.93. The summed E-state index contributed by atoms with van der Waals surface area (Å²) in [5.41, 5.74) is -0.650. The first-order valence-corrected chi connectivity index (χ1v) is 5.61. The smallest absolute Gasteiger partial charge is 0.332 e. The van der Waals surface area contributed by atoms with Gasteiger partial charge < -0.3 is 4.84 Å². The maximum Gasteiger partial charge on any atom is 0.332 e. The third-order valence-corrected chi connectivity index (χ3v) is 2.80. The van der Waals surface area contributed by atoms with E-state index >= 15 is 0 Å². The number of nitro groups is 1. The molecule has 1 rings (SSSR count). The molecule has 0 radical (unpaired) electrons. The maximum absolute atomic E-state index is 11.2. The van der Waals surface area contributed by atoms with Gasteiger partial charge in [-0.3, -0.25) is 10.1 Å². The van der Waals surface area contributed by atoms with Gasteiger partial charge >= 0.3 is 5.69 Å². The Labute approximate surface area is 85.5 Å². The summed E-state index contributed by atoms with van der Waals surface area (Å²) < 4.78 is 22.5. The Morgan fingerprint density at radius 2 is 2.07 bits per heavy atom. The Morgan fingerprint density at radius 1 is 1.47 bits per heavy atom. The molecule has 0 aliphatic rings. The van der Waals surface area contributed by atoms with Crippen LogP contribution in [0, 0.1) is 10.1 Å². The summed E-state index contributed by atoms with van der Waals surface area (Å²) in [6.07, 6.45) is 0.871. The van der Waals surface area contributed by atoms with Crippen LogP contribution in [0.25, 0.3) is 0 Å². The monoisotopic (exact) mass is 232 g/mol. The molecule has 15 heavy (non-hydrogen) atoms. The fourth-order valence-electron chi connectivity index (χ4n) is 1.08. The molecule has 0 aliphatic heterocycles. The van der Waals surface area contributed by atoms with Crippen molar-refractivity contribution in [3.05, 3.63) is 28.3 Å². The van der Waals surface area contributed by atoms with Crippen molar-refractivity contribution in [2.45, 2.75) is 4.90 Å². The Hall–Kier alpha value is -1.67. The van der Waals surface area contributed by atoms with Crippen LogP contribution in [0.3, 0.4) is 0 Å². The number of hydrogen-bond acceptors (Lipinski definition) is 6. The Bertz CT molecular complexity index is 496. The normalized spacial score (nSPS) is 11.1. The summed E-state index contributed by atoms with van der Waals surface area (Å²) in [5.74, 6) is 4.51. The zero-order valence-corrected chi connectivity index (χ0v) is 8.52. The second-order valence-corrected chi connectivity index (χ2v) is 4.73. The standard InChI is InChI=1S/C7H8N2O5S/c1-15(12,13)6-4-2-3-5(14-8)7(6)9(10)11/h2-4H,8H2,1H3. The van der Waals surface area contributed by atoms with E-state index in [4.69, 9.17) is 5.90 Å². The van der Waals surface area contributed by atoms with Crippen LogP contribution in [0.1, 0.15) is 0 Å². The first-order valence-electron chi connectivity index (χ1n) is 3.72. The second-order valence-electron chi connectivity index (χ2n) is 2.75. The average Bonchev–Trinajstić information content (AvgIpc) is 2.15. The highest BCUT2D eigenvalue weighted by Gasteiger charge is 2.26. The molecule has 8 heteroatoms. The van der Waals surface area contributed by atoms with Crippen LogP contribution in [0.2, 0.25) is 0 Å². The lowest BCUT2D eigenvalue weighted by Gasteiger charge is -2.03. The van der Waals surface area contributed by atoms with E-state index in [0.29, 0.717) is 0 Å². The van der Waals surface area contributed by atoms with Crippen molar-refractivity contribution in [1.82, 2.24) is 0 Å². The van der Waals surface area contributed by atoms with Crippen molar-refractivity contribution >= 4 is 15.5 Å². The molecule has 0 aliphatic carbocycles. The number of nitrogens with zero attached hydrogens (tertiary/aromatic N) is 1. The predicted octanol–water partition coefficient (Wildman–Crippen LogP) is 0.251. The van der Waals surface area contributed by atoms with Crippen LogP contribution in [-0.4, -0.2) is 19.6 Å². The van der Waals surface area contributed by atoms with E-state index in [1.807, 2.05) is 0 Å². The molecule has 82 valence electrons. The van der Waals surface area contributed by atoms with E-state index in [9.17, 15) is 18.5 Å². The summed E-state index contributed by atoms with van der Waals surface area (Å²) in [6.45, 7) is 0. The number of rotatable bonds is 3. The van der Waals surface area contributed by atoms with E-state index in [-0.39, 0.29) is 5.75 Å². The third-order valence-electron chi connectivity index (χ3n) is 1.67. The first kappa shape index (κ1) is 11.4. The van der Waals surface area contributed by atoms with Gasteiger partial charge in [0, 0.05) is 6.26 Å². The zero-order chi connectivity index (χ0) is 11.6. The van der Waals surface area contributed by atoms with E-state index in [2.05, 4.69) is 4.84 Å². The van der Waals surface area contributed by atoms with E-state index in [1.54, 1.807) is 0 Å². The molecule has 2 N–H and O–H groups in total. The highest BCUT2D eigenvalue weighted by Crippen LogP contribution is 2.32. The molecular formula is C7H8N2O5S. The summed E-state index contributed by atoms with van der Waals surface area (Å²) in [5, 5.41) is 10.7. The number of benzene rings is 1. The van der Waals surface area contributed by atoms with Gasteiger partial charge in [0.15, 0.2) is 9.84 Å². The van der Waals surface area contributed by atoms with Gasteiger partial charge in [-0.25, -0.2) is 8.42 Å². The summed E-state index contributed by atoms with van der Waals surface area (Å²) in [4.78, 5) is 13.6. The fraction of sp³-hybridized carbons (Fsp3) is 0.143. The number of nitro benzene ring substituents is 1. The first-order chi connectivity index (χ1) is 6.88. The second kappa shape index (κ2) is 3.83. The quantitative estimate of drug-likeness (QED) is 0.590. The van der Waals surface area contributed by atoms with Crippen LogP contribution >= 0.6 is 0 Å². The third kappa shape index (κ3) is 2.22. The van der Waals surface area contributed by atoms with Gasteiger partial charge in [0.2, 0.25) is 5.75 Å². The molecular weight excluding hydrogens is 224 g/mol. The van der Waals surface area contributed by atoms with Gasteiger partial charge in [-0.05, 0) is 12.1 Å². The topological polar surface area (TPSA) is 113 Å². The van der Waals surface area contributed by atoms with Crippen molar-refractivity contribution in [1.29, 1.82) is 0 Å². The Balaban J connectivity index is 3.60. The van der Waals surface area contributed by atoms with E-state index in [0.717, 1.165) is 12.3 Å². The molecule has 1 aromatic rings. The van der Waals surface area contributed by atoms with Crippen LogP contribution in [0.15, 0.2) is 23.1 Å². The van der Waals surface area contributed by atoms with Crippen LogP contribution in [-0.2, 0) is 9.84 Å². The molecule has 1 aromatic carbocycles. The lowest BCUT2D eigenvalue weighted by Crippen LogP contribution is -2.08. The minimum atomic E-state index is -3.69. The van der Waals surface area contributed by atoms with Gasteiger partial charge in [-0.1, -0.05) is 6.07 Å². The van der Waals surface area contributed by atoms with Gasteiger partial charge in [0.1, 0.15) is 4.90 Å². The van der Waals surface area contributed by atoms with E-state index in [1.165, 1.54) is 12.1 Å². The van der Waals surface area contributed by atoms with Crippen molar-refractivity contribution < 1.29 is 18.2 Å². The van der Waals surface area contributed by atoms with Crippen LogP contribution < -0.4 is 10.7 Å². The van der Waals surface area contributed by atoms with Gasteiger partial charge in [0.25, 0.3) is 0 Å². The summed E-state index contributed by atoms with van der Waals surface area (Å²) in [6, 6.07) is 3.65. The number of hydrogen-bond donors (Lipinski definition) is 1. The lowest BCUT2D eigenvalue weighted by atomic mass is 10.3. The predicted molar refractivity (Wildman–Crippen MR) is 51.0 cm³/mol. The molecule has 0 aromatic heterocycles. The molecule has 0 bridgehead atoms. The Kier molecular flexibility index (Phi) is 2.91. The van der Waals surface area contributed by atoms with Gasteiger partial charge in [0.05, 0.1) is 4.92 Å². The van der Waals surface area contributed by atoms with Crippen molar-refractivity contribution in [2.75, 3.05) is 6.26 Å². The van der Waals surface area contributed by atoms with E-state index < -0.39 is 25.3 Å². The number of sulfone groups is 1. The SMILES string of the molecule is CS(=O)(=O)c1cccc(ON)c1[N+](=O)[O-]. The minimum absolute atomic E-state index is 0.289. The molecule has 0 atom stereocenters. The van der Waals surface area contributed by atoms with Gasteiger partial charge in [-0.15, -0.1) is 0 Å². The summed E-state index contributed by atoms with van der Waals surface area (Å²) >= 11 is 0. The molecule has 0 heterocycles. The Morgan fingerprint density at radius 3 is 2.47 bits per heavy atom. The molecule has 0 spiro atoms. The largest absolute Gasteiger partial charge is 0.404 e. The number of para-hydroxylation sites is 1. The van der Waals surface area contributed by atoms with Crippen molar-refractivity contribution in [3.63, 3.8) is 0 Å². The molecule has 0 unspecified atom stereocenters. The van der Waals surface area contributed by atoms with Crippen LogP contribution in [0.4, 0.5) is 5.69 Å². The van der Waals surface area contributed by atoms with Crippen LogP contribution in [0.5, 0.6) is 5.75 Å². The minimum Gasteiger partial charge on any atom is -0.404 e. The zero-order valence-electron chi connectivity index (χ0n) is 7.71. The average molecular weight is 232 g/mol. The molecule has 0 amide bonds. The molecule has 7 nitrogen and oxygen atoms in total. The number of nitrogens with two attached hydrogens (primary N) is 1. The lowest BCUT2D eigenvalue weighted by molar-refractivity contribution is -0.388. The van der Waals surface area contributed by atoms with Crippen molar-refractivity contribution in [3.8, 4) is 5.75 Å². The highest BCUT2D eigenvalue weighted by atomic mass is 32.2. The van der Waals surface area contributed by atoms with Gasteiger partial charge in [-0.2, -0.15) is 5.90 Å².